The Bertz CT molecular complexity index is 691. The summed E-state index contributed by atoms with van der Waals surface area (Å²) in [4.78, 5) is 20.6. The highest BCUT2D eigenvalue weighted by Crippen LogP contribution is 2.26. The molecule has 1 heterocycles. The summed E-state index contributed by atoms with van der Waals surface area (Å²) in [6.45, 7) is 3.89. The summed E-state index contributed by atoms with van der Waals surface area (Å²) in [7, 11) is 0. The highest BCUT2D eigenvalue weighted by atomic mass is 79.9. The van der Waals surface area contributed by atoms with Crippen molar-refractivity contribution >= 4 is 44.8 Å². The lowest BCUT2D eigenvalue weighted by Gasteiger charge is -2.10. The van der Waals surface area contributed by atoms with E-state index in [9.17, 15) is 4.79 Å². The summed E-state index contributed by atoms with van der Waals surface area (Å²) in [5.41, 5.74) is 6.64. The molecule has 110 valence electrons. The Morgan fingerprint density at radius 1 is 1.43 bits per heavy atom. The van der Waals surface area contributed by atoms with Crippen molar-refractivity contribution in [3.05, 3.63) is 45.4 Å². The van der Waals surface area contributed by atoms with Crippen LogP contribution in [0.4, 0.5) is 11.4 Å². The molecule has 0 saturated carbocycles. The molecular formula is C14H14BrClN4O. The number of amides is 1. The number of hydrogen-bond acceptors (Lipinski definition) is 4. The fraction of sp³-hybridized carbons (Fsp3) is 0.214. The van der Waals surface area contributed by atoms with Crippen molar-refractivity contribution in [1.29, 1.82) is 0 Å². The number of benzene rings is 1. The van der Waals surface area contributed by atoms with Crippen LogP contribution in [0.5, 0.6) is 0 Å². The zero-order chi connectivity index (χ0) is 15.6. The van der Waals surface area contributed by atoms with E-state index in [2.05, 4.69) is 31.2 Å². The lowest BCUT2D eigenvalue weighted by Crippen LogP contribution is -2.18. The molecule has 21 heavy (non-hydrogen) atoms. The number of halogens is 2. The lowest BCUT2D eigenvalue weighted by atomic mass is 10.2. The Morgan fingerprint density at radius 3 is 2.81 bits per heavy atom. The van der Waals surface area contributed by atoms with E-state index in [0.717, 1.165) is 4.47 Å². The predicted octanol–water partition coefficient (Wildman–Crippen LogP) is 3.85. The van der Waals surface area contributed by atoms with Crippen LogP contribution in [0.3, 0.4) is 0 Å². The molecule has 2 aromatic rings. The Morgan fingerprint density at radius 2 is 2.14 bits per heavy atom. The molecule has 5 nitrogen and oxygen atoms in total. The maximum Gasteiger partial charge on any atom is 0.276 e. The van der Waals surface area contributed by atoms with Crippen LogP contribution in [-0.4, -0.2) is 15.9 Å². The fourth-order valence-electron chi connectivity index (χ4n) is 1.64. The smallest absolute Gasteiger partial charge is 0.276 e. The maximum atomic E-state index is 12.3. The molecule has 1 aromatic carbocycles. The highest BCUT2D eigenvalue weighted by Gasteiger charge is 2.16. The number of nitrogens with zero attached hydrogens (tertiary/aromatic N) is 2. The van der Waals surface area contributed by atoms with Crippen LogP contribution in [0.15, 0.2) is 28.9 Å². The first-order valence-electron chi connectivity index (χ1n) is 6.27. The molecule has 0 unspecified atom stereocenters. The van der Waals surface area contributed by atoms with Gasteiger partial charge in [0.15, 0.2) is 5.69 Å². The first kappa shape index (κ1) is 15.7. The van der Waals surface area contributed by atoms with Gasteiger partial charge >= 0.3 is 0 Å². The molecule has 0 bridgehead atoms. The maximum absolute atomic E-state index is 12.3. The van der Waals surface area contributed by atoms with Gasteiger partial charge in [0.1, 0.15) is 5.82 Å². The van der Waals surface area contributed by atoms with Gasteiger partial charge < -0.3 is 11.1 Å². The van der Waals surface area contributed by atoms with Gasteiger partial charge in [-0.3, -0.25) is 4.79 Å². The molecule has 0 aliphatic heterocycles. The molecule has 0 radical (unpaired) electrons. The number of rotatable bonds is 3. The van der Waals surface area contributed by atoms with Crippen molar-refractivity contribution in [2.75, 3.05) is 11.1 Å². The number of nitrogens with two attached hydrogens (primary N) is 1. The lowest BCUT2D eigenvalue weighted by molar-refractivity contribution is 0.102. The minimum atomic E-state index is -0.420. The minimum Gasteiger partial charge on any atom is -0.396 e. The van der Waals surface area contributed by atoms with Gasteiger partial charge in [-0.1, -0.05) is 41.4 Å². The first-order chi connectivity index (χ1) is 9.88. The molecule has 1 amide bonds. The molecule has 0 aliphatic rings. The standard InChI is InChI=1S/C14H14BrClN4O/c1-7(2)13-18-6-10(17)12(20-13)14(21)19-11-5-8(15)3-4-9(11)16/h3-7H,17H2,1-2H3,(H,19,21). The average Bonchev–Trinajstić information content (AvgIpc) is 2.43. The third-order valence-electron chi connectivity index (χ3n) is 2.74. The van der Waals surface area contributed by atoms with Crippen LogP contribution in [0.2, 0.25) is 5.02 Å². The van der Waals surface area contributed by atoms with E-state index in [1.54, 1.807) is 18.2 Å². The third kappa shape index (κ3) is 3.71. The van der Waals surface area contributed by atoms with Crippen LogP contribution < -0.4 is 11.1 Å². The third-order valence-corrected chi connectivity index (χ3v) is 3.57. The Labute approximate surface area is 136 Å². The van der Waals surface area contributed by atoms with Crippen LogP contribution in [0.25, 0.3) is 0 Å². The average molecular weight is 370 g/mol. The van der Waals surface area contributed by atoms with Gasteiger partial charge in [0, 0.05) is 10.4 Å². The summed E-state index contributed by atoms with van der Waals surface area (Å²) in [6, 6.07) is 5.18. The van der Waals surface area contributed by atoms with E-state index < -0.39 is 5.91 Å². The molecular weight excluding hydrogens is 356 g/mol. The predicted molar refractivity (Wildman–Crippen MR) is 87.6 cm³/mol. The zero-order valence-corrected chi connectivity index (χ0v) is 13.9. The van der Waals surface area contributed by atoms with Gasteiger partial charge in [0.25, 0.3) is 5.91 Å². The second-order valence-electron chi connectivity index (χ2n) is 4.77. The minimum absolute atomic E-state index is 0.103. The van der Waals surface area contributed by atoms with Crippen molar-refractivity contribution < 1.29 is 4.79 Å². The van der Waals surface area contributed by atoms with Crippen molar-refractivity contribution in [2.24, 2.45) is 0 Å². The van der Waals surface area contributed by atoms with Crippen LogP contribution in [0.1, 0.15) is 36.1 Å². The van der Waals surface area contributed by atoms with Gasteiger partial charge in [0.2, 0.25) is 0 Å². The quantitative estimate of drug-likeness (QED) is 0.861. The van der Waals surface area contributed by atoms with Gasteiger partial charge in [-0.15, -0.1) is 0 Å². The molecule has 0 aliphatic carbocycles. The summed E-state index contributed by atoms with van der Waals surface area (Å²) in [6.07, 6.45) is 1.44. The van der Waals surface area contributed by atoms with Crippen molar-refractivity contribution in [3.63, 3.8) is 0 Å². The number of hydrogen-bond donors (Lipinski definition) is 2. The second kappa shape index (κ2) is 6.41. The first-order valence-corrected chi connectivity index (χ1v) is 7.44. The van der Waals surface area contributed by atoms with Crippen LogP contribution in [-0.2, 0) is 0 Å². The number of nitrogen functional groups attached to an aromatic ring is 1. The summed E-state index contributed by atoms with van der Waals surface area (Å²) in [5, 5.41) is 3.14. The van der Waals surface area contributed by atoms with Crippen LogP contribution >= 0.6 is 27.5 Å². The Kier molecular flexibility index (Phi) is 4.80. The van der Waals surface area contributed by atoms with Crippen molar-refractivity contribution in [2.45, 2.75) is 19.8 Å². The number of nitrogens with one attached hydrogen (secondary N) is 1. The van der Waals surface area contributed by atoms with E-state index in [1.165, 1.54) is 6.20 Å². The molecule has 2 rings (SSSR count). The van der Waals surface area contributed by atoms with E-state index in [-0.39, 0.29) is 17.3 Å². The van der Waals surface area contributed by atoms with Crippen LogP contribution in [0, 0.1) is 0 Å². The van der Waals surface area contributed by atoms with Gasteiger partial charge in [0.05, 0.1) is 22.6 Å². The number of carbonyl (C=O) groups excluding carboxylic acids is 1. The van der Waals surface area contributed by atoms with E-state index in [4.69, 9.17) is 17.3 Å². The molecule has 3 N–H and O–H groups in total. The zero-order valence-electron chi connectivity index (χ0n) is 11.5. The molecule has 0 atom stereocenters. The number of carbonyl (C=O) groups is 1. The Hall–Kier alpha value is -1.66. The number of anilines is 2. The van der Waals surface area contributed by atoms with Gasteiger partial charge in [-0.05, 0) is 18.2 Å². The van der Waals surface area contributed by atoms with Gasteiger partial charge in [-0.25, -0.2) is 9.97 Å². The van der Waals surface area contributed by atoms with Gasteiger partial charge in [-0.2, -0.15) is 0 Å². The molecule has 0 saturated heterocycles. The van der Waals surface area contributed by atoms with E-state index >= 15 is 0 Å². The Balaban J connectivity index is 2.32. The largest absolute Gasteiger partial charge is 0.396 e. The SMILES string of the molecule is CC(C)c1ncc(N)c(C(=O)Nc2cc(Br)ccc2Cl)n1. The molecule has 1 aromatic heterocycles. The van der Waals surface area contributed by atoms with Crippen molar-refractivity contribution in [1.82, 2.24) is 9.97 Å². The summed E-state index contributed by atoms with van der Waals surface area (Å²) < 4.78 is 0.806. The summed E-state index contributed by atoms with van der Waals surface area (Å²) >= 11 is 9.38. The monoisotopic (exact) mass is 368 g/mol. The normalized spacial score (nSPS) is 10.7. The van der Waals surface area contributed by atoms with Crippen molar-refractivity contribution in [3.8, 4) is 0 Å². The number of aromatic nitrogens is 2. The van der Waals surface area contributed by atoms with E-state index in [0.29, 0.717) is 16.5 Å². The van der Waals surface area contributed by atoms with E-state index in [1.807, 2.05) is 13.8 Å². The second-order valence-corrected chi connectivity index (χ2v) is 6.09. The molecule has 7 heteroatoms. The topological polar surface area (TPSA) is 80.9 Å². The molecule has 0 spiro atoms. The summed E-state index contributed by atoms with van der Waals surface area (Å²) in [5.74, 6) is 0.248. The fourth-order valence-corrected chi connectivity index (χ4v) is 2.17. The molecule has 0 fully saturated rings. The highest BCUT2D eigenvalue weighted by molar-refractivity contribution is 9.10.